The van der Waals surface area contributed by atoms with Gasteiger partial charge in [-0.2, -0.15) is 0 Å². The summed E-state index contributed by atoms with van der Waals surface area (Å²) in [5.41, 5.74) is -1.96. The van der Waals surface area contributed by atoms with E-state index in [1.165, 1.54) is 12.2 Å². The molecular formula is C12H16O2. The fourth-order valence-electron chi connectivity index (χ4n) is 0.520. The number of allylic oxidation sites excluding steroid dienone is 2. The molecular weight excluding hydrogens is 176 g/mol. The summed E-state index contributed by atoms with van der Waals surface area (Å²) in [7, 11) is 0. The Morgan fingerprint density at radius 2 is 1.07 bits per heavy atom. The van der Waals surface area contributed by atoms with Crippen molar-refractivity contribution in [3.05, 3.63) is 12.2 Å². The third kappa shape index (κ3) is 10.8. The van der Waals surface area contributed by atoms with Gasteiger partial charge < -0.3 is 10.2 Å². The summed E-state index contributed by atoms with van der Waals surface area (Å²) in [6.07, 6.45) is 3.08. The standard InChI is InChI=1S/C12H16O2/c1-11(2,13)9-7-5-6-8-10-12(3,4)14/h5-6,13-14H,1-4H3/b6-5+. The van der Waals surface area contributed by atoms with Crippen LogP contribution in [0.25, 0.3) is 0 Å². The van der Waals surface area contributed by atoms with Gasteiger partial charge in [-0.05, 0) is 39.8 Å². The predicted molar refractivity (Wildman–Crippen MR) is 57.3 cm³/mol. The third-order valence-corrected chi connectivity index (χ3v) is 1.01. The minimum Gasteiger partial charge on any atom is -0.378 e. The first-order chi connectivity index (χ1) is 6.21. The second-order valence-corrected chi connectivity index (χ2v) is 3.99. The Labute approximate surface area is 85.7 Å². The maximum absolute atomic E-state index is 9.22. The van der Waals surface area contributed by atoms with Crippen molar-refractivity contribution in [3.8, 4) is 23.7 Å². The van der Waals surface area contributed by atoms with Crippen LogP contribution in [0.15, 0.2) is 12.2 Å². The monoisotopic (exact) mass is 192 g/mol. The summed E-state index contributed by atoms with van der Waals surface area (Å²) in [5.74, 6) is 10.5. The molecule has 0 heterocycles. The van der Waals surface area contributed by atoms with Crippen LogP contribution in [0.4, 0.5) is 0 Å². The normalized spacial score (nSPS) is 11.6. The van der Waals surface area contributed by atoms with Crippen LogP contribution in [-0.2, 0) is 0 Å². The van der Waals surface area contributed by atoms with Crippen molar-refractivity contribution in [2.45, 2.75) is 38.9 Å². The Hall–Kier alpha value is -1.22. The number of aliphatic hydroxyl groups is 2. The van der Waals surface area contributed by atoms with Crippen molar-refractivity contribution in [1.29, 1.82) is 0 Å². The lowest BCUT2D eigenvalue weighted by molar-refractivity contribution is 0.143. The second-order valence-electron chi connectivity index (χ2n) is 3.99. The molecule has 0 aliphatic rings. The topological polar surface area (TPSA) is 40.5 Å². The van der Waals surface area contributed by atoms with Crippen molar-refractivity contribution >= 4 is 0 Å². The highest BCUT2D eigenvalue weighted by molar-refractivity contribution is 5.28. The van der Waals surface area contributed by atoms with E-state index < -0.39 is 11.2 Å². The summed E-state index contributed by atoms with van der Waals surface area (Å²) >= 11 is 0. The van der Waals surface area contributed by atoms with Gasteiger partial charge in [0.15, 0.2) is 0 Å². The molecule has 0 atom stereocenters. The smallest absolute Gasteiger partial charge is 0.120 e. The van der Waals surface area contributed by atoms with Crippen molar-refractivity contribution < 1.29 is 10.2 Å². The van der Waals surface area contributed by atoms with Crippen LogP contribution in [0.3, 0.4) is 0 Å². The summed E-state index contributed by atoms with van der Waals surface area (Å²) in [4.78, 5) is 0. The molecule has 0 saturated carbocycles. The largest absolute Gasteiger partial charge is 0.378 e. The van der Waals surface area contributed by atoms with Crippen LogP contribution < -0.4 is 0 Å². The third-order valence-electron chi connectivity index (χ3n) is 1.01. The number of hydrogen-bond donors (Lipinski definition) is 2. The first-order valence-electron chi connectivity index (χ1n) is 4.36. The minimum absolute atomic E-state index is 0.978. The fraction of sp³-hybridized carbons (Fsp3) is 0.500. The lowest BCUT2D eigenvalue weighted by atomic mass is 10.1. The van der Waals surface area contributed by atoms with Crippen LogP contribution in [0.2, 0.25) is 0 Å². The van der Waals surface area contributed by atoms with Crippen molar-refractivity contribution in [2.75, 3.05) is 0 Å². The van der Waals surface area contributed by atoms with Crippen LogP contribution in [-0.4, -0.2) is 21.4 Å². The fourth-order valence-corrected chi connectivity index (χ4v) is 0.520. The van der Waals surface area contributed by atoms with E-state index >= 15 is 0 Å². The SMILES string of the molecule is CC(C)(O)C#C/C=C/C#CC(C)(C)O. The van der Waals surface area contributed by atoms with Gasteiger partial charge in [0.1, 0.15) is 11.2 Å². The first-order valence-corrected chi connectivity index (χ1v) is 4.36. The second kappa shape index (κ2) is 4.86. The molecule has 0 aliphatic carbocycles. The first kappa shape index (κ1) is 12.8. The average Bonchev–Trinajstić information content (AvgIpc) is 1.92. The molecule has 14 heavy (non-hydrogen) atoms. The van der Waals surface area contributed by atoms with E-state index in [9.17, 15) is 10.2 Å². The van der Waals surface area contributed by atoms with Crippen molar-refractivity contribution in [2.24, 2.45) is 0 Å². The van der Waals surface area contributed by atoms with E-state index in [0.29, 0.717) is 0 Å². The van der Waals surface area contributed by atoms with E-state index in [1.807, 2.05) is 0 Å². The maximum atomic E-state index is 9.22. The highest BCUT2D eigenvalue weighted by Gasteiger charge is 2.05. The average molecular weight is 192 g/mol. The molecule has 0 aromatic rings. The molecule has 0 amide bonds. The molecule has 0 unspecified atom stereocenters. The minimum atomic E-state index is -0.978. The van der Waals surface area contributed by atoms with Crippen molar-refractivity contribution in [1.82, 2.24) is 0 Å². The summed E-state index contributed by atoms with van der Waals surface area (Å²) in [5, 5.41) is 18.4. The van der Waals surface area contributed by atoms with E-state index in [1.54, 1.807) is 27.7 Å². The van der Waals surface area contributed by atoms with Crippen LogP contribution in [0.1, 0.15) is 27.7 Å². The highest BCUT2D eigenvalue weighted by atomic mass is 16.3. The van der Waals surface area contributed by atoms with E-state index in [0.717, 1.165) is 0 Å². The summed E-state index contributed by atoms with van der Waals surface area (Å²) in [6.45, 7) is 6.43. The van der Waals surface area contributed by atoms with Gasteiger partial charge >= 0.3 is 0 Å². The molecule has 0 aromatic heterocycles. The molecule has 76 valence electrons. The molecule has 0 radical (unpaired) electrons. The van der Waals surface area contributed by atoms with Gasteiger partial charge in [0.25, 0.3) is 0 Å². The van der Waals surface area contributed by atoms with Crippen LogP contribution in [0, 0.1) is 23.7 Å². The van der Waals surface area contributed by atoms with Crippen LogP contribution in [0.5, 0.6) is 0 Å². The predicted octanol–water partition coefficient (Wildman–Crippen LogP) is 1.09. The molecule has 0 fully saturated rings. The Morgan fingerprint density at radius 1 is 0.786 bits per heavy atom. The lowest BCUT2D eigenvalue weighted by Crippen LogP contribution is -2.14. The number of hydrogen-bond acceptors (Lipinski definition) is 2. The van der Waals surface area contributed by atoms with Crippen molar-refractivity contribution in [3.63, 3.8) is 0 Å². The van der Waals surface area contributed by atoms with Gasteiger partial charge in [-0.1, -0.05) is 23.7 Å². The Bertz CT molecular complexity index is 282. The summed E-state index contributed by atoms with van der Waals surface area (Å²) < 4.78 is 0. The van der Waals surface area contributed by atoms with Gasteiger partial charge in [0.05, 0.1) is 0 Å². The highest BCUT2D eigenvalue weighted by Crippen LogP contribution is 1.97. The molecule has 0 saturated heterocycles. The lowest BCUT2D eigenvalue weighted by Gasteiger charge is -2.05. The van der Waals surface area contributed by atoms with Gasteiger partial charge in [0.2, 0.25) is 0 Å². The Balaban J connectivity index is 4.20. The van der Waals surface area contributed by atoms with Gasteiger partial charge in [-0.3, -0.25) is 0 Å². The molecule has 2 heteroatoms. The zero-order valence-corrected chi connectivity index (χ0v) is 9.05. The summed E-state index contributed by atoms with van der Waals surface area (Å²) in [6, 6.07) is 0. The number of rotatable bonds is 0. The van der Waals surface area contributed by atoms with Gasteiger partial charge in [-0.25, -0.2) is 0 Å². The molecule has 0 bridgehead atoms. The van der Waals surface area contributed by atoms with E-state index in [-0.39, 0.29) is 0 Å². The quantitative estimate of drug-likeness (QED) is 0.564. The molecule has 2 nitrogen and oxygen atoms in total. The van der Waals surface area contributed by atoms with E-state index in [2.05, 4.69) is 23.7 Å². The zero-order chi connectivity index (χ0) is 11.2. The zero-order valence-electron chi connectivity index (χ0n) is 9.05. The van der Waals surface area contributed by atoms with Crippen LogP contribution >= 0.6 is 0 Å². The Kier molecular flexibility index (Phi) is 4.44. The molecule has 0 rings (SSSR count). The van der Waals surface area contributed by atoms with Gasteiger partial charge in [-0.15, -0.1) is 0 Å². The maximum Gasteiger partial charge on any atom is 0.120 e. The molecule has 0 aromatic carbocycles. The molecule has 2 N–H and O–H groups in total. The molecule has 0 aliphatic heterocycles. The van der Waals surface area contributed by atoms with E-state index in [4.69, 9.17) is 0 Å². The van der Waals surface area contributed by atoms with Gasteiger partial charge in [0, 0.05) is 0 Å². The molecule has 0 spiro atoms. The Morgan fingerprint density at radius 3 is 1.29 bits per heavy atom.